The van der Waals surface area contributed by atoms with Crippen molar-refractivity contribution in [3.8, 4) is 0 Å². The van der Waals surface area contributed by atoms with Gasteiger partial charge in [-0.1, -0.05) is 13.8 Å². The molecule has 1 fully saturated rings. The van der Waals surface area contributed by atoms with E-state index < -0.39 is 0 Å². The van der Waals surface area contributed by atoms with E-state index in [0.29, 0.717) is 17.5 Å². The Labute approximate surface area is 104 Å². The maximum Gasteiger partial charge on any atom is 0.108 e. The first-order chi connectivity index (χ1) is 8.14. The molecule has 0 bridgehead atoms. The van der Waals surface area contributed by atoms with E-state index in [-0.39, 0.29) is 0 Å². The quantitative estimate of drug-likeness (QED) is 0.840. The number of nitrogens with one attached hydrogen (secondary N) is 1. The van der Waals surface area contributed by atoms with Crippen LogP contribution in [-0.4, -0.2) is 6.04 Å². The number of hydrogen-bond acceptors (Lipinski definition) is 2. The van der Waals surface area contributed by atoms with E-state index in [2.05, 4.69) is 25.2 Å². The molecular weight excluding hydrogens is 210 g/mol. The molecule has 1 N–H and O–H groups in total. The summed E-state index contributed by atoms with van der Waals surface area (Å²) in [5.74, 6) is 1.21. The molecular formula is C15H23NO. The lowest BCUT2D eigenvalue weighted by Crippen LogP contribution is -2.33. The number of aryl methyl sites for hydroxylation is 1. The van der Waals surface area contributed by atoms with Gasteiger partial charge >= 0.3 is 0 Å². The summed E-state index contributed by atoms with van der Waals surface area (Å²) >= 11 is 0. The Morgan fingerprint density at radius 1 is 1.35 bits per heavy atom. The van der Waals surface area contributed by atoms with Crippen molar-refractivity contribution in [3.05, 3.63) is 23.7 Å². The molecule has 0 radical (unpaired) electrons. The molecule has 1 saturated carbocycles. The van der Waals surface area contributed by atoms with Gasteiger partial charge in [0.05, 0.1) is 6.26 Å². The lowest BCUT2D eigenvalue weighted by molar-refractivity contribution is 0.336. The molecule has 2 heteroatoms. The molecule has 17 heavy (non-hydrogen) atoms. The fraction of sp³-hybridized carbons (Fsp3) is 0.733. The second kappa shape index (κ2) is 4.16. The molecule has 0 spiro atoms. The summed E-state index contributed by atoms with van der Waals surface area (Å²) < 4.78 is 5.55. The van der Waals surface area contributed by atoms with Crippen molar-refractivity contribution >= 4 is 0 Å². The first-order valence-corrected chi connectivity index (χ1v) is 6.96. The SMILES string of the molecule is CC1(C)CCC(NC2CCCc3occc32)C1. The average Bonchev–Trinajstić information content (AvgIpc) is 2.85. The maximum absolute atomic E-state index is 5.55. The molecule has 0 aliphatic heterocycles. The minimum absolute atomic E-state index is 0.533. The van der Waals surface area contributed by atoms with Crippen molar-refractivity contribution in [3.63, 3.8) is 0 Å². The molecule has 1 aromatic rings. The van der Waals surface area contributed by atoms with Crippen LogP contribution in [0.3, 0.4) is 0 Å². The van der Waals surface area contributed by atoms with Crippen LogP contribution in [0.5, 0.6) is 0 Å². The molecule has 2 atom stereocenters. The van der Waals surface area contributed by atoms with Gasteiger partial charge in [-0.25, -0.2) is 0 Å². The molecule has 1 aromatic heterocycles. The summed E-state index contributed by atoms with van der Waals surface area (Å²) in [6.07, 6.45) is 9.50. The van der Waals surface area contributed by atoms with Crippen molar-refractivity contribution in [2.45, 2.75) is 64.5 Å². The van der Waals surface area contributed by atoms with Gasteiger partial charge in [0.2, 0.25) is 0 Å². The lowest BCUT2D eigenvalue weighted by Gasteiger charge is -2.27. The Balaban J connectivity index is 1.68. The third-order valence-electron chi connectivity index (χ3n) is 4.46. The van der Waals surface area contributed by atoms with Gasteiger partial charge in [0.15, 0.2) is 0 Å². The van der Waals surface area contributed by atoms with Gasteiger partial charge in [-0.15, -0.1) is 0 Å². The topological polar surface area (TPSA) is 25.2 Å². The van der Waals surface area contributed by atoms with Gasteiger partial charge in [-0.3, -0.25) is 0 Å². The molecule has 0 saturated heterocycles. The monoisotopic (exact) mass is 233 g/mol. The zero-order chi connectivity index (χ0) is 11.9. The van der Waals surface area contributed by atoms with E-state index >= 15 is 0 Å². The molecule has 1 heterocycles. The van der Waals surface area contributed by atoms with E-state index in [4.69, 9.17) is 4.42 Å². The van der Waals surface area contributed by atoms with Crippen LogP contribution in [0.15, 0.2) is 16.7 Å². The number of rotatable bonds is 2. The van der Waals surface area contributed by atoms with Crippen LogP contribution in [0.2, 0.25) is 0 Å². The Kier molecular flexibility index (Phi) is 2.78. The highest BCUT2D eigenvalue weighted by Crippen LogP contribution is 2.39. The lowest BCUT2D eigenvalue weighted by atomic mass is 9.90. The maximum atomic E-state index is 5.55. The molecule has 2 nitrogen and oxygen atoms in total. The van der Waals surface area contributed by atoms with Gasteiger partial charge < -0.3 is 9.73 Å². The summed E-state index contributed by atoms with van der Waals surface area (Å²) in [5.41, 5.74) is 1.95. The van der Waals surface area contributed by atoms with Crippen molar-refractivity contribution < 1.29 is 4.42 Å². The number of furan rings is 1. The largest absolute Gasteiger partial charge is 0.469 e. The van der Waals surface area contributed by atoms with Crippen LogP contribution >= 0.6 is 0 Å². The normalized spacial score (nSPS) is 31.4. The van der Waals surface area contributed by atoms with Gasteiger partial charge in [-0.2, -0.15) is 0 Å². The van der Waals surface area contributed by atoms with Crippen LogP contribution < -0.4 is 5.32 Å². The van der Waals surface area contributed by atoms with Crippen molar-refractivity contribution in [2.75, 3.05) is 0 Å². The highest BCUT2D eigenvalue weighted by Gasteiger charge is 2.33. The Morgan fingerprint density at radius 2 is 2.24 bits per heavy atom. The average molecular weight is 233 g/mol. The van der Waals surface area contributed by atoms with Crippen molar-refractivity contribution in [1.82, 2.24) is 5.32 Å². The van der Waals surface area contributed by atoms with Gasteiger partial charge in [0, 0.05) is 24.1 Å². The molecule has 3 rings (SSSR count). The summed E-state index contributed by atoms with van der Waals surface area (Å²) in [5, 5.41) is 3.86. The first-order valence-electron chi connectivity index (χ1n) is 6.96. The predicted molar refractivity (Wildman–Crippen MR) is 68.9 cm³/mol. The van der Waals surface area contributed by atoms with Crippen LogP contribution in [0.4, 0.5) is 0 Å². The van der Waals surface area contributed by atoms with Crippen molar-refractivity contribution in [1.29, 1.82) is 0 Å². The van der Waals surface area contributed by atoms with Crippen LogP contribution in [0.25, 0.3) is 0 Å². The molecule has 0 amide bonds. The predicted octanol–water partition coefficient (Wildman–Crippen LogP) is 3.83. The second-order valence-electron chi connectivity index (χ2n) is 6.51. The van der Waals surface area contributed by atoms with E-state index in [0.717, 1.165) is 6.42 Å². The first kappa shape index (κ1) is 11.3. The highest BCUT2D eigenvalue weighted by molar-refractivity contribution is 5.24. The summed E-state index contributed by atoms with van der Waals surface area (Å²) in [6.45, 7) is 4.78. The molecule has 0 aromatic carbocycles. The molecule has 2 unspecified atom stereocenters. The molecule has 94 valence electrons. The molecule has 2 aliphatic carbocycles. The van der Waals surface area contributed by atoms with Gasteiger partial charge in [-0.05, 0) is 43.6 Å². The minimum Gasteiger partial charge on any atom is -0.469 e. The third kappa shape index (κ3) is 2.28. The van der Waals surface area contributed by atoms with E-state index in [1.54, 1.807) is 0 Å². The van der Waals surface area contributed by atoms with E-state index in [1.807, 2.05) is 6.26 Å². The Bertz CT molecular complexity index is 393. The van der Waals surface area contributed by atoms with Crippen LogP contribution in [-0.2, 0) is 6.42 Å². The standard InChI is InChI=1S/C15H23NO/c1-15(2)8-6-11(10-15)16-13-4-3-5-14-12(13)7-9-17-14/h7,9,11,13,16H,3-6,8,10H2,1-2H3. The fourth-order valence-electron chi connectivity index (χ4n) is 3.52. The van der Waals surface area contributed by atoms with Gasteiger partial charge in [0.25, 0.3) is 0 Å². The fourth-order valence-corrected chi connectivity index (χ4v) is 3.52. The third-order valence-corrected chi connectivity index (χ3v) is 4.46. The number of hydrogen-bond donors (Lipinski definition) is 1. The smallest absolute Gasteiger partial charge is 0.108 e. The van der Waals surface area contributed by atoms with E-state index in [1.165, 1.54) is 43.4 Å². The van der Waals surface area contributed by atoms with Crippen LogP contribution in [0, 0.1) is 5.41 Å². The number of fused-ring (bicyclic) bond motifs is 1. The van der Waals surface area contributed by atoms with Crippen molar-refractivity contribution in [2.24, 2.45) is 5.41 Å². The van der Waals surface area contributed by atoms with E-state index in [9.17, 15) is 0 Å². The molecule has 2 aliphatic rings. The van der Waals surface area contributed by atoms with Gasteiger partial charge in [0.1, 0.15) is 5.76 Å². The summed E-state index contributed by atoms with van der Waals surface area (Å²) in [4.78, 5) is 0. The Morgan fingerprint density at radius 3 is 3.00 bits per heavy atom. The summed E-state index contributed by atoms with van der Waals surface area (Å²) in [7, 11) is 0. The zero-order valence-corrected chi connectivity index (χ0v) is 11.0. The minimum atomic E-state index is 0.533. The zero-order valence-electron chi connectivity index (χ0n) is 11.0. The highest BCUT2D eigenvalue weighted by atomic mass is 16.3. The summed E-state index contributed by atoms with van der Waals surface area (Å²) in [6, 6.07) is 3.40. The Hall–Kier alpha value is -0.760. The van der Waals surface area contributed by atoms with Crippen LogP contribution in [0.1, 0.15) is 63.3 Å². The second-order valence-corrected chi connectivity index (χ2v) is 6.51.